The van der Waals surface area contributed by atoms with Crippen molar-refractivity contribution in [2.24, 2.45) is 0 Å². The monoisotopic (exact) mass is 399 g/mol. The van der Waals surface area contributed by atoms with Crippen LogP contribution in [0, 0.1) is 0 Å². The van der Waals surface area contributed by atoms with E-state index in [1.165, 1.54) is 0 Å². The number of aliphatic hydroxyl groups is 1. The molecule has 0 aliphatic carbocycles. The Balaban J connectivity index is 2.11. The van der Waals surface area contributed by atoms with Gasteiger partial charge >= 0.3 is 5.97 Å². The summed E-state index contributed by atoms with van der Waals surface area (Å²) >= 11 is 3.66. The van der Waals surface area contributed by atoms with Gasteiger partial charge in [0.1, 0.15) is 0 Å². The average molecular weight is 400 g/mol. The molecule has 5 heteroatoms. The number of esters is 1. The first kappa shape index (κ1) is 17.6. The molecule has 25 heavy (non-hydrogen) atoms. The Bertz CT molecular complexity index is 896. The molecule has 0 bridgehead atoms. The number of nitrogens with zero attached hydrogens (tertiary/aromatic N) is 1. The maximum atomic E-state index is 11.8. The minimum atomic E-state index is -1.24. The van der Waals surface area contributed by atoms with Gasteiger partial charge in [0.25, 0.3) is 0 Å². The van der Waals surface area contributed by atoms with Crippen molar-refractivity contribution in [3.05, 3.63) is 64.8 Å². The normalized spacial score (nSPS) is 12.1. The minimum Gasteiger partial charge on any atom is -0.464 e. The smallest absolute Gasteiger partial charge is 0.335 e. The lowest BCUT2D eigenvalue weighted by Gasteiger charge is -2.15. The van der Waals surface area contributed by atoms with Crippen LogP contribution in [0.3, 0.4) is 0 Å². The van der Waals surface area contributed by atoms with Gasteiger partial charge in [-0.2, -0.15) is 0 Å². The van der Waals surface area contributed by atoms with Crippen LogP contribution in [0.25, 0.3) is 22.0 Å². The first-order valence-electron chi connectivity index (χ1n) is 8.09. The molecule has 3 aromatic rings. The molecule has 0 fully saturated rings. The molecule has 1 atom stereocenters. The summed E-state index contributed by atoms with van der Waals surface area (Å²) in [7, 11) is 0. The van der Waals surface area contributed by atoms with E-state index in [0.29, 0.717) is 5.69 Å². The van der Waals surface area contributed by atoms with Crippen molar-refractivity contribution in [3.63, 3.8) is 0 Å². The molecule has 4 nitrogen and oxygen atoms in total. The highest BCUT2D eigenvalue weighted by molar-refractivity contribution is 9.10. The molecule has 0 saturated heterocycles. The maximum absolute atomic E-state index is 11.8. The molecule has 3 rings (SSSR count). The van der Waals surface area contributed by atoms with Crippen LogP contribution in [0.2, 0.25) is 0 Å². The number of carbonyl (C=O) groups is 1. The van der Waals surface area contributed by atoms with Crippen LogP contribution in [0.15, 0.2) is 59.1 Å². The first-order valence-corrected chi connectivity index (χ1v) is 8.88. The summed E-state index contributed by atoms with van der Waals surface area (Å²) in [5.41, 5.74) is 2.41. The van der Waals surface area contributed by atoms with Gasteiger partial charge in [0.2, 0.25) is 0 Å². The van der Waals surface area contributed by atoms with Crippen LogP contribution in [-0.4, -0.2) is 28.8 Å². The fraction of sp³-hybridized carbons (Fsp3) is 0.200. The predicted octanol–water partition coefficient (Wildman–Crippen LogP) is 4.13. The van der Waals surface area contributed by atoms with Gasteiger partial charge < -0.3 is 9.84 Å². The number of fused-ring (bicyclic) bond motifs is 1. The number of aliphatic hydroxyl groups excluding tert-OH is 1. The van der Waals surface area contributed by atoms with Crippen molar-refractivity contribution in [2.45, 2.75) is 19.4 Å². The summed E-state index contributed by atoms with van der Waals surface area (Å²) in [6.07, 6.45) is -1.13. The number of benzene rings is 2. The third-order valence-corrected chi connectivity index (χ3v) is 4.72. The number of hydrogen-bond donors (Lipinski definition) is 1. The van der Waals surface area contributed by atoms with Crippen molar-refractivity contribution in [2.75, 3.05) is 6.61 Å². The molecule has 0 radical (unpaired) electrons. The van der Waals surface area contributed by atoms with Crippen molar-refractivity contribution in [3.8, 4) is 11.3 Å². The standard InChI is InChI=1S/C20H18BrNO3/c1-2-25-20(24)17(23)12-16-14-10-6-7-11-15(14)18(21)19(22-16)13-8-4-3-5-9-13/h3-11,17,23H,2,12H2,1H3. The Kier molecular flexibility index (Phi) is 5.46. The molecule has 1 N–H and O–H groups in total. The van der Waals surface area contributed by atoms with Crippen LogP contribution in [-0.2, 0) is 16.0 Å². The number of pyridine rings is 1. The van der Waals surface area contributed by atoms with Gasteiger partial charge in [-0.15, -0.1) is 0 Å². The van der Waals surface area contributed by atoms with Gasteiger partial charge in [0.15, 0.2) is 6.10 Å². The molecule has 2 aromatic carbocycles. The quantitative estimate of drug-likeness (QED) is 0.655. The molecular weight excluding hydrogens is 382 g/mol. The number of halogens is 1. The summed E-state index contributed by atoms with van der Waals surface area (Å²) in [6.45, 7) is 1.95. The van der Waals surface area contributed by atoms with Gasteiger partial charge in [-0.25, -0.2) is 4.79 Å². The predicted molar refractivity (Wildman–Crippen MR) is 101 cm³/mol. The molecule has 0 amide bonds. The van der Waals surface area contributed by atoms with Crippen LogP contribution in [0.5, 0.6) is 0 Å². The fourth-order valence-electron chi connectivity index (χ4n) is 2.75. The minimum absolute atomic E-state index is 0.104. The summed E-state index contributed by atoms with van der Waals surface area (Å²) < 4.78 is 5.79. The molecule has 1 aromatic heterocycles. The first-order chi connectivity index (χ1) is 12.1. The van der Waals surface area contributed by atoms with Crippen LogP contribution < -0.4 is 0 Å². The molecule has 1 heterocycles. The molecule has 0 aliphatic heterocycles. The van der Waals surface area contributed by atoms with Crippen LogP contribution in [0.4, 0.5) is 0 Å². The van der Waals surface area contributed by atoms with E-state index in [4.69, 9.17) is 9.72 Å². The van der Waals surface area contributed by atoms with E-state index in [0.717, 1.165) is 26.5 Å². The van der Waals surface area contributed by atoms with E-state index in [2.05, 4.69) is 15.9 Å². The number of hydrogen-bond acceptors (Lipinski definition) is 4. The molecule has 0 aliphatic rings. The second-order valence-corrected chi connectivity index (χ2v) is 6.40. The molecule has 128 valence electrons. The Hall–Kier alpha value is -2.24. The Morgan fingerprint density at radius 3 is 2.44 bits per heavy atom. The van der Waals surface area contributed by atoms with E-state index >= 15 is 0 Å². The van der Waals surface area contributed by atoms with Crippen LogP contribution in [0.1, 0.15) is 12.6 Å². The highest BCUT2D eigenvalue weighted by Crippen LogP contribution is 2.34. The average Bonchev–Trinajstić information content (AvgIpc) is 2.65. The topological polar surface area (TPSA) is 59.4 Å². The molecule has 0 spiro atoms. The zero-order valence-electron chi connectivity index (χ0n) is 13.8. The summed E-state index contributed by atoms with van der Waals surface area (Å²) in [6, 6.07) is 17.6. The van der Waals surface area contributed by atoms with Gasteiger partial charge in [0, 0.05) is 17.4 Å². The number of aromatic nitrogens is 1. The van der Waals surface area contributed by atoms with Gasteiger partial charge in [-0.1, -0.05) is 54.6 Å². The van der Waals surface area contributed by atoms with Crippen LogP contribution >= 0.6 is 15.9 Å². The fourth-order valence-corrected chi connectivity index (χ4v) is 3.41. The van der Waals surface area contributed by atoms with Gasteiger partial charge in [-0.3, -0.25) is 4.98 Å². The van der Waals surface area contributed by atoms with Crippen molar-refractivity contribution >= 4 is 32.7 Å². The van der Waals surface area contributed by atoms with E-state index in [1.807, 2.05) is 54.6 Å². The maximum Gasteiger partial charge on any atom is 0.335 e. The zero-order valence-corrected chi connectivity index (χ0v) is 15.4. The number of carbonyl (C=O) groups excluding carboxylic acids is 1. The lowest BCUT2D eigenvalue weighted by atomic mass is 10.0. The highest BCUT2D eigenvalue weighted by Gasteiger charge is 2.21. The lowest BCUT2D eigenvalue weighted by Crippen LogP contribution is -2.26. The van der Waals surface area contributed by atoms with E-state index in [9.17, 15) is 9.90 Å². The van der Waals surface area contributed by atoms with E-state index < -0.39 is 12.1 Å². The molecular formula is C20H18BrNO3. The Morgan fingerprint density at radius 1 is 1.12 bits per heavy atom. The summed E-state index contributed by atoms with van der Waals surface area (Å²) in [4.78, 5) is 16.5. The molecule has 1 unspecified atom stereocenters. The second-order valence-electron chi connectivity index (χ2n) is 5.60. The van der Waals surface area contributed by atoms with Gasteiger partial charge in [-0.05, 0) is 28.2 Å². The number of ether oxygens (including phenoxy) is 1. The third-order valence-electron chi connectivity index (χ3n) is 3.92. The Labute approximate surface area is 154 Å². The summed E-state index contributed by atoms with van der Waals surface area (Å²) in [5.74, 6) is -0.627. The Morgan fingerprint density at radius 2 is 1.76 bits per heavy atom. The lowest BCUT2D eigenvalue weighted by molar-refractivity contribution is -0.152. The SMILES string of the molecule is CCOC(=O)C(O)Cc1nc(-c2ccccc2)c(Br)c2ccccc12. The highest BCUT2D eigenvalue weighted by atomic mass is 79.9. The van der Waals surface area contributed by atoms with Crippen molar-refractivity contribution in [1.29, 1.82) is 0 Å². The molecule has 0 saturated carbocycles. The second kappa shape index (κ2) is 7.76. The largest absolute Gasteiger partial charge is 0.464 e. The summed E-state index contributed by atoms with van der Waals surface area (Å²) in [5, 5.41) is 12.1. The zero-order chi connectivity index (χ0) is 17.8. The van der Waals surface area contributed by atoms with Crippen molar-refractivity contribution in [1.82, 2.24) is 4.98 Å². The van der Waals surface area contributed by atoms with E-state index in [-0.39, 0.29) is 13.0 Å². The van der Waals surface area contributed by atoms with E-state index in [1.54, 1.807) is 6.92 Å². The van der Waals surface area contributed by atoms with Gasteiger partial charge in [0.05, 0.1) is 22.5 Å². The van der Waals surface area contributed by atoms with Crippen molar-refractivity contribution < 1.29 is 14.6 Å². The third kappa shape index (κ3) is 3.72. The number of rotatable bonds is 5.